The van der Waals surface area contributed by atoms with Crippen molar-refractivity contribution in [3.8, 4) is 0 Å². The third kappa shape index (κ3) is 7.63. The van der Waals surface area contributed by atoms with Crippen LogP contribution in [0.5, 0.6) is 0 Å². The van der Waals surface area contributed by atoms with Crippen molar-refractivity contribution in [3.63, 3.8) is 0 Å². The minimum Gasteiger partial charge on any atom is -0.313 e. The largest absolute Gasteiger partial charge is 0.313 e. The van der Waals surface area contributed by atoms with Crippen LogP contribution in [0.1, 0.15) is 82.8 Å². The lowest BCUT2D eigenvalue weighted by Gasteiger charge is -2.41. The number of nitrogens with zero attached hydrogens (tertiary/aromatic N) is 3. The van der Waals surface area contributed by atoms with Gasteiger partial charge in [0.2, 0.25) is 0 Å². The molecule has 0 bridgehead atoms. The molecule has 0 radical (unpaired) electrons. The van der Waals surface area contributed by atoms with Crippen LogP contribution in [0.3, 0.4) is 0 Å². The first-order chi connectivity index (χ1) is 27.6. The zero-order valence-electron chi connectivity index (χ0n) is 37.1. The van der Waals surface area contributed by atoms with Gasteiger partial charge in [0.25, 0.3) is 0 Å². The molecule has 7 rings (SSSR count). The van der Waals surface area contributed by atoms with E-state index in [0.717, 1.165) is 17.8 Å². The molecule has 1 aliphatic carbocycles. The number of allylic oxidation sites excluding steroid dienone is 4. The summed E-state index contributed by atoms with van der Waals surface area (Å²) in [6, 6.07) is 41.0. The van der Waals surface area contributed by atoms with Crippen LogP contribution < -0.4 is 14.7 Å². The molecule has 0 fully saturated rings. The van der Waals surface area contributed by atoms with E-state index >= 15 is 0 Å². The number of benzene rings is 6. The SMILES string of the molecule is CC1=CC(C)=C(N(c2ccc(C)cc2)c2c(C)c(N(c3ccc(C)cc3)c3ccc(C)cc3C)c(C)c(N(c3ccc(C)cc3)c3ccc(C)cc3C)c2C)C(C)C1. The molecule has 0 amide bonds. The van der Waals surface area contributed by atoms with Gasteiger partial charge >= 0.3 is 0 Å². The van der Waals surface area contributed by atoms with E-state index < -0.39 is 0 Å². The Morgan fingerprint density at radius 3 is 1.07 bits per heavy atom. The van der Waals surface area contributed by atoms with Crippen molar-refractivity contribution in [2.24, 2.45) is 5.92 Å². The summed E-state index contributed by atoms with van der Waals surface area (Å²) in [5, 5.41) is 0. The highest BCUT2D eigenvalue weighted by Gasteiger charge is 2.34. The lowest BCUT2D eigenvalue weighted by Crippen LogP contribution is -2.28. The summed E-state index contributed by atoms with van der Waals surface area (Å²) in [6.45, 7) is 29.5. The van der Waals surface area contributed by atoms with E-state index in [1.807, 2.05) is 0 Å². The fourth-order valence-corrected chi connectivity index (χ4v) is 9.41. The van der Waals surface area contributed by atoms with Crippen LogP contribution in [0.4, 0.5) is 45.5 Å². The third-order valence-electron chi connectivity index (χ3n) is 12.1. The molecule has 6 aromatic rings. The van der Waals surface area contributed by atoms with Gasteiger partial charge in [-0.1, -0.05) is 107 Å². The number of hydrogen-bond acceptors (Lipinski definition) is 3. The quantitative estimate of drug-likeness (QED) is 0.145. The van der Waals surface area contributed by atoms with E-state index in [4.69, 9.17) is 0 Å². The van der Waals surface area contributed by atoms with Gasteiger partial charge in [0.1, 0.15) is 0 Å². The molecular weight excluding hydrogens is 703 g/mol. The lowest BCUT2D eigenvalue weighted by molar-refractivity contribution is 0.638. The molecule has 6 aromatic carbocycles. The van der Waals surface area contributed by atoms with Gasteiger partial charge in [-0.25, -0.2) is 0 Å². The Balaban J connectivity index is 1.70. The van der Waals surface area contributed by atoms with E-state index in [9.17, 15) is 0 Å². The molecule has 3 nitrogen and oxygen atoms in total. The molecular formula is C55H61N3. The van der Waals surface area contributed by atoms with Crippen molar-refractivity contribution >= 4 is 45.5 Å². The van der Waals surface area contributed by atoms with E-state index in [2.05, 4.69) is 220 Å². The maximum atomic E-state index is 2.62. The molecule has 0 saturated heterocycles. The third-order valence-corrected chi connectivity index (χ3v) is 12.1. The van der Waals surface area contributed by atoms with Crippen molar-refractivity contribution in [1.29, 1.82) is 0 Å². The highest BCUT2D eigenvalue weighted by atomic mass is 15.2. The maximum Gasteiger partial charge on any atom is 0.0562 e. The van der Waals surface area contributed by atoms with E-state index in [1.54, 1.807) is 0 Å². The first kappa shape index (κ1) is 40.4. The number of rotatable bonds is 9. The molecule has 58 heavy (non-hydrogen) atoms. The molecule has 0 aliphatic heterocycles. The summed E-state index contributed by atoms with van der Waals surface area (Å²) < 4.78 is 0. The highest BCUT2D eigenvalue weighted by Crippen LogP contribution is 2.54. The van der Waals surface area contributed by atoms with Crippen LogP contribution in [0, 0.1) is 75.2 Å². The fourth-order valence-electron chi connectivity index (χ4n) is 9.41. The second-order valence-corrected chi connectivity index (χ2v) is 17.2. The van der Waals surface area contributed by atoms with Crippen molar-refractivity contribution in [1.82, 2.24) is 0 Å². The average Bonchev–Trinajstić information content (AvgIpc) is 3.16. The predicted molar refractivity (Wildman–Crippen MR) is 252 cm³/mol. The average molecular weight is 764 g/mol. The van der Waals surface area contributed by atoms with Crippen LogP contribution in [-0.4, -0.2) is 0 Å². The molecule has 1 aliphatic rings. The summed E-state index contributed by atoms with van der Waals surface area (Å²) in [7, 11) is 0. The molecule has 1 atom stereocenters. The highest BCUT2D eigenvalue weighted by molar-refractivity contribution is 5.96. The molecule has 3 heteroatoms. The molecule has 0 saturated carbocycles. The number of hydrogen-bond donors (Lipinski definition) is 0. The first-order valence-electron chi connectivity index (χ1n) is 20.9. The van der Waals surface area contributed by atoms with Crippen LogP contribution >= 0.6 is 0 Å². The van der Waals surface area contributed by atoms with Gasteiger partial charge in [-0.3, -0.25) is 0 Å². The summed E-state index contributed by atoms with van der Waals surface area (Å²) in [5.74, 6) is 0.318. The van der Waals surface area contributed by atoms with Gasteiger partial charge in [0, 0.05) is 40.1 Å². The minimum atomic E-state index is 0.318. The van der Waals surface area contributed by atoms with E-state index in [0.29, 0.717) is 5.92 Å². The van der Waals surface area contributed by atoms with Crippen molar-refractivity contribution in [2.75, 3.05) is 14.7 Å². The molecule has 0 heterocycles. The Hall–Kier alpha value is -5.80. The second-order valence-electron chi connectivity index (χ2n) is 17.2. The van der Waals surface area contributed by atoms with Crippen molar-refractivity contribution < 1.29 is 0 Å². The smallest absolute Gasteiger partial charge is 0.0562 e. The lowest BCUT2D eigenvalue weighted by atomic mass is 9.86. The van der Waals surface area contributed by atoms with E-state index in [-0.39, 0.29) is 0 Å². The Labute approximate surface area is 349 Å². The second kappa shape index (κ2) is 16.2. The maximum absolute atomic E-state index is 2.62. The van der Waals surface area contributed by atoms with Crippen LogP contribution in [0.25, 0.3) is 0 Å². The van der Waals surface area contributed by atoms with Crippen molar-refractivity contribution in [3.05, 3.63) is 188 Å². The van der Waals surface area contributed by atoms with Gasteiger partial charge in [0.05, 0.1) is 17.1 Å². The van der Waals surface area contributed by atoms with Gasteiger partial charge < -0.3 is 14.7 Å². The summed E-state index contributed by atoms with van der Waals surface area (Å²) in [5.41, 5.74) is 25.9. The van der Waals surface area contributed by atoms with Crippen LogP contribution in [0.2, 0.25) is 0 Å². The minimum absolute atomic E-state index is 0.318. The van der Waals surface area contributed by atoms with Crippen molar-refractivity contribution in [2.45, 2.75) is 96.4 Å². The van der Waals surface area contributed by atoms with E-state index in [1.165, 1.54) is 107 Å². The van der Waals surface area contributed by atoms with Crippen LogP contribution in [0.15, 0.2) is 132 Å². The zero-order valence-corrected chi connectivity index (χ0v) is 37.1. The monoisotopic (exact) mass is 763 g/mol. The summed E-state index contributed by atoms with van der Waals surface area (Å²) in [6.07, 6.45) is 3.43. The number of aryl methyl sites for hydroxylation is 7. The molecule has 1 unspecified atom stereocenters. The molecule has 0 N–H and O–H groups in total. The Morgan fingerprint density at radius 2 is 0.724 bits per heavy atom. The summed E-state index contributed by atoms with van der Waals surface area (Å²) in [4.78, 5) is 7.68. The van der Waals surface area contributed by atoms with Gasteiger partial charge in [-0.2, -0.15) is 0 Å². The Kier molecular flexibility index (Phi) is 11.3. The number of anilines is 8. The van der Waals surface area contributed by atoms with Gasteiger partial charge in [0.15, 0.2) is 0 Å². The molecule has 0 spiro atoms. The normalized spacial score (nSPS) is 14.1. The standard InChI is InChI=1S/C55H61N3/c1-34-14-22-47(23-15-34)56(50-28-20-37(4)30-40(50)7)53-44(11)54(57(48-24-16-35(2)17-25-48)51-29-21-38(5)31-41(51)8)46(13)55(45(53)12)58(49-26-18-36(3)19-27-49)52-42(9)32-39(6)33-43(52)10/h14-32,43H,33H2,1-13H3. The zero-order chi connectivity index (χ0) is 41.6. The predicted octanol–water partition coefficient (Wildman–Crippen LogP) is 16.1. The Morgan fingerprint density at radius 1 is 0.397 bits per heavy atom. The van der Waals surface area contributed by atoms with Crippen LogP contribution in [-0.2, 0) is 0 Å². The fraction of sp³-hybridized carbons (Fsp3) is 0.273. The van der Waals surface area contributed by atoms with Gasteiger partial charge in [-0.05, 0) is 171 Å². The summed E-state index contributed by atoms with van der Waals surface area (Å²) >= 11 is 0. The Bertz CT molecular complexity index is 2420. The van der Waals surface area contributed by atoms with Gasteiger partial charge in [-0.15, -0.1) is 0 Å². The molecule has 0 aromatic heterocycles. The first-order valence-corrected chi connectivity index (χ1v) is 20.9. The topological polar surface area (TPSA) is 9.72 Å². The molecule has 296 valence electrons.